The number of rotatable bonds is 6. The van der Waals surface area contributed by atoms with Crippen LogP contribution in [-0.4, -0.2) is 11.9 Å². The van der Waals surface area contributed by atoms with Crippen LogP contribution < -0.4 is 10.2 Å². The summed E-state index contributed by atoms with van der Waals surface area (Å²) in [7, 11) is 0. The lowest BCUT2D eigenvalue weighted by atomic mass is 10.3. The van der Waals surface area contributed by atoms with E-state index in [1.54, 1.807) is 12.1 Å². The van der Waals surface area contributed by atoms with Crippen LogP contribution in [0.3, 0.4) is 0 Å². The minimum atomic E-state index is -1.36. The fraction of sp³-hybridized carbons (Fsp3) is 0.231. The summed E-state index contributed by atoms with van der Waals surface area (Å²) in [5, 5.41) is 21.0. The maximum absolute atomic E-state index is 10.6. The van der Waals surface area contributed by atoms with E-state index in [-0.39, 0.29) is 16.8 Å². The molecular formula is C13H10O6S-2. The number of carbonyl (C=O) groups excluding carboxylic acids is 2. The molecule has 2 heterocycles. The molecule has 0 aliphatic rings. The van der Waals surface area contributed by atoms with Crippen molar-refractivity contribution in [1.82, 2.24) is 0 Å². The zero-order valence-corrected chi connectivity index (χ0v) is 11.3. The largest absolute Gasteiger partial charge is 0.542 e. The average Bonchev–Trinajstić information content (AvgIpc) is 3.05. The number of aromatic carboxylic acids is 2. The van der Waals surface area contributed by atoms with Gasteiger partial charge in [0.2, 0.25) is 0 Å². The topological polar surface area (TPSA) is 107 Å². The molecule has 0 fully saturated rings. The van der Waals surface area contributed by atoms with E-state index >= 15 is 0 Å². The Bertz CT molecular complexity index is 626. The molecule has 0 aliphatic heterocycles. The molecule has 0 spiro atoms. The molecule has 20 heavy (non-hydrogen) atoms. The van der Waals surface area contributed by atoms with Crippen LogP contribution >= 0.6 is 11.8 Å². The third-order valence-electron chi connectivity index (χ3n) is 2.57. The van der Waals surface area contributed by atoms with Crippen molar-refractivity contribution in [2.24, 2.45) is 0 Å². The lowest BCUT2D eigenvalue weighted by Crippen LogP contribution is -2.21. The average molecular weight is 294 g/mol. The molecule has 0 bridgehead atoms. The first-order chi connectivity index (χ1) is 9.47. The smallest absolute Gasteiger partial charge is 0.149 e. The Morgan fingerprint density at radius 3 is 2.25 bits per heavy atom. The molecule has 7 heteroatoms. The minimum absolute atomic E-state index is 0.111. The fourth-order valence-corrected chi connectivity index (χ4v) is 2.40. The molecule has 6 nitrogen and oxygen atoms in total. The molecule has 2 aromatic rings. The lowest BCUT2D eigenvalue weighted by molar-refractivity contribution is -0.258. The van der Waals surface area contributed by atoms with Crippen molar-refractivity contribution in [3.05, 3.63) is 47.3 Å². The zero-order chi connectivity index (χ0) is 14.7. The SMILES string of the molecule is C[C@@H](SCc1ccc(C(=O)[O-])o1)c1ccc(C(=O)[O-])o1. The second-order valence-electron chi connectivity index (χ2n) is 4.00. The van der Waals surface area contributed by atoms with Gasteiger partial charge in [0, 0.05) is 0 Å². The van der Waals surface area contributed by atoms with Crippen molar-refractivity contribution in [3.63, 3.8) is 0 Å². The maximum Gasteiger partial charge on any atom is 0.149 e. The van der Waals surface area contributed by atoms with Crippen molar-refractivity contribution in [1.29, 1.82) is 0 Å². The van der Waals surface area contributed by atoms with Crippen LogP contribution in [0.4, 0.5) is 0 Å². The summed E-state index contributed by atoms with van der Waals surface area (Å²) in [6.07, 6.45) is 0. The van der Waals surface area contributed by atoms with Gasteiger partial charge in [0.1, 0.15) is 35.0 Å². The molecule has 0 aromatic carbocycles. The highest BCUT2D eigenvalue weighted by Gasteiger charge is 2.13. The van der Waals surface area contributed by atoms with Gasteiger partial charge in [0.25, 0.3) is 0 Å². The van der Waals surface area contributed by atoms with E-state index in [2.05, 4.69) is 0 Å². The van der Waals surface area contributed by atoms with Gasteiger partial charge in [0.05, 0.1) is 11.0 Å². The molecule has 1 atom stereocenters. The van der Waals surface area contributed by atoms with Crippen molar-refractivity contribution >= 4 is 23.7 Å². The first-order valence-electron chi connectivity index (χ1n) is 5.70. The van der Waals surface area contributed by atoms with Crippen LogP contribution in [0.5, 0.6) is 0 Å². The standard InChI is InChI=1S/C13H12O6S/c1-7(9-4-5-11(19-9)13(16)17)20-6-8-2-3-10(18-8)12(14)15/h2-5,7H,6H2,1H3,(H,14,15)(H,16,17)/p-2/t7-/m1/s1. The summed E-state index contributed by atoms with van der Waals surface area (Å²) in [5.74, 6) is -1.74. The van der Waals surface area contributed by atoms with Crippen LogP contribution in [0.2, 0.25) is 0 Å². The lowest BCUT2D eigenvalue weighted by Gasteiger charge is -2.07. The number of hydrogen-bond acceptors (Lipinski definition) is 7. The summed E-state index contributed by atoms with van der Waals surface area (Å²) in [6.45, 7) is 1.84. The van der Waals surface area contributed by atoms with E-state index < -0.39 is 11.9 Å². The third-order valence-corrected chi connectivity index (χ3v) is 3.75. The van der Waals surface area contributed by atoms with Crippen molar-refractivity contribution in [3.8, 4) is 0 Å². The Labute approximate surface area is 118 Å². The predicted octanol–water partition coefficient (Wildman–Crippen LogP) is 0.594. The van der Waals surface area contributed by atoms with E-state index in [4.69, 9.17) is 8.83 Å². The summed E-state index contributed by atoms with van der Waals surface area (Å²) in [4.78, 5) is 21.1. The van der Waals surface area contributed by atoms with Crippen LogP contribution in [0.25, 0.3) is 0 Å². The third kappa shape index (κ3) is 3.24. The second-order valence-corrected chi connectivity index (χ2v) is 5.33. The molecule has 2 aromatic heterocycles. The van der Waals surface area contributed by atoms with Crippen LogP contribution in [0, 0.1) is 0 Å². The number of carbonyl (C=O) groups is 2. The number of furan rings is 2. The van der Waals surface area contributed by atoms with Gasteiger partial charge in [-0.3, -0.25) is 0 Å². The van der Waals surface area contributed by atoms with E-state index in [9.17, 15) is 19.8 Å². The fourth-order valence-electron chi connectivity index (χ4n) is 1.54. The van der Waals surface area contributed by atoms with E-state index in [0.717, 1.165) is 0 Å². The quantitative estimate of drug-likeness (QED) is 0.767. The highest BCUT2D eigenvalue weighted by atomic mass is 32.2. The molecule has 0 saturated carbocycles. The molecule has 2 rings (SSSR count). The van der Waals surface area contributed by atoms with Gasteiger partial charge < -0.3 is 28.6 Å². The normalized spacial score (nSPS) is 12.2. The van der Waals surface area contributed by atoms with Gasteiger partial charge in [-0.05, 0) is 31.2 Å². The summed E-state index contributed by atoms with van der Waals surface area (Å²) in [5.41, 5.74) is 0. The van der Waals surface area contributed by atoms with E-state index in [1.165, 1.54) is 23.9 Å². The molecule has 0 radical (unpaired) electrons. The first-order valence-corrected chi connectivity index (χ1v) is 6.75. The molecule has 0 amide bonds. The van der Waals surface area contributed by atoms with Gasteiger partial charge in [-0.25, -0.2) is 0 Å². The van der Waals surface area contributed by atoms with Crippen LogP contribution in [-0.2, 0) is 5.75 Å². The predicted molar refractivity (Wildman–Crippen MR) is 65.8 cm³/mol. The highest BCUT2D eigenvalue weighted by molar-refractivity contribution is 7.98. The van der Waals surface area contributed by atoms with Gasteiger partial charge in [-0.2, -0.15) is 0 Å². The van der Waals surface area contributed by atoms with Gasteiger partial charge in [-0.15, -0.1) is 11.8 Å². The molecule has 0 unspecified atom stereocenters. The van der Waals surface area contributed by atoms with E-state index in [1.807, 2.05) is 6.92 Å². The zero-order valence-electron chi connectivity index (χ0n) is 10.5. The summed E-state index contributed by atoms with van der Waals surface area (Å²) in [6, 6.07) is 5.79. The molecular weight excluding hydrogens is 284 g/mol. The Morgan fingerprint density at radius 1 is 1.10 bits per heavy atom. The molecule has 0 saturated heterocycles. The second kappa shape index (κ2) is 5.87. The molecule has 0 aliphatic carbocycles. The monoisotopic (exact) mass is 294 g/mol. The highest BCUT2D eigenvalue weighted by Crippen LogP contribution is 2.32. The molecule has 0 N–H and O–H groups in total. The van der Waals surface area contributed by atoms with Crippen molar-refractivity contribution < 1.29 is 28.6 Å². The number of carboxylic acid groups (broad SMARTS) is 2. The van der Waals surface area contributed by atoms with Crippen LogP contribution in [0.15, 0.2) is 33.1 Å². The number of hydrogen-bond donors (Lipinski definition) is 0. The Morgan fingerprint density at radius 2 is 1.70 bits per heavy atom. The van der Waals surface area contributed by atoms with Crippen LogP contribution in [0.1, 0.15) is 44.8 Å². The van der Waals surface area contributed by atoms with Gasteiger partial charge in [-0.1, -0.05) is 0 Å². The minimum Gasteiger partial charge on any atom is -0.542 e. The first kappa shape index (κ1) is 14.3. The number of thioether (sulfide) groups is 1. The van der Waals surface area contributed by atoms with E-state index in [0.29, 0.717) is 17.3 Å². The Hall–Kier alpha value is -2.15. The van der Waals surface area contributed by atoms with Crippen molar-refractivity contribution in [2.75, 3.05) is 0 Å². The number of carboxylic acids is 2. The Kier molecular flexibility index (Phi) is 4.19. The van der Waals surface area contributed by atoms with Crippen molar-refractivity contribution in [2.45, 2.75) is 17.9 Å². The maximum atomic E-state index is 10.6. The summed E-state index contributed by atoms with van der Waals surface area (Å²) >= 11 is 1.42. The molecule has 106 valence electrons. The summed E-state index contributed by atoms with van der Waals surface area (Å²) < 4.78 is 10.2. The van der Waals surface area contributed by atoms with Gasteiger partial charge in [0.15, 0.2) is 0 Å². The van der Waals surface area contributed by atoms with Gasteiger partial charge >= 0.3 is 0 Å². The Balaban J connectivity index is 1.95.